The predicted molar refractivity (Wildman–Crippen MR) is 111 cm³/mol. The number of rotatable bonds is 7. The van der Waals surface area contributed by atoms with Crippen molar-refractivity contribution in [2.75, 3.05) is 31.6 Å². The van der Waals surface area contributed by atoms with Crippen LogP contribution in [0.2, 0.25) is 0 Å². The maximum absolute atomic E-state index is 11.2. The summed E-state index contributed by atoms with van der Waals surface area (Å²) in [5, 5.41) is 7.59. The number of H-pyrrole nitrogens is 1. The van der Waals surface area contributed by atoms with Gasteiger partial charge in [-0.2, -0.15) is 0 Å². The second kappa shape index (κ2) is 9.87. The molecule has 0 atom stereocenters. The molecule has 0 spiro atoms. The molecule has 0 aliphatic carbocycles. The van der Waals surface area contributed by atoms with Gasteiger partial charge in [-0.25, -0.2) is 8.42 Å². The van der Waals surface area contributed by atoms with Crippen LogP contribution in [0.5, 0.6) is 0 Å². The quantitative estimate of drug-likeness (QED) is 0.332. The van der Waals surface area contributed by atoms with E-state index in [4.69, 9.17) is 0 Å². The topological polar surface area (TPSA) is 86.3 Å². The maximum Gasteiger partial charge on any atom is 0.191 e. The zero-order valence-electron chi connectivity index (χ0n) is 14.0. The maximum atomic E-state index is 11.2. The van der Waals surface area contributed by atoms with Gasteiger partial charge >= 0.3 is 0 Å². The number of aliphatic imine (C=N–C) groups is 1. The number of sulfone groups is 1. The Balaban J connectivity index is 0.00000288. The van der Waals surface area contributed by atoms with E-state index in [1.165, 1.54) is 17.2 Å². The van der Waals surface area contributed by atoms with E-state index < -0.39 is 9.84 Å². The second-order valence-electron chi connectivity index (χ2n) is 5.43. The number of nitrogens with zero attached hydrogens (tertiary/aromatic N) is 1. The molecule has 2 rings (SSSR count). The molecule has 0 saturated heterocycles. The molecule has 6 nitrogen and oxygen atoms in total. The van der Waals surface area contributed by atoms with Gasteiger partial charge in [0, 0.05) is 36.4 Å². The summed E-state index contributed by atoms with van der Waals surface area (Å²) >= 11 is 0. The fraction of sp³-hybridized carbons (Fsp3) is 0.438. The van der Waals surface area contributed by atoms with Gasteiger partial charge in [-0.15, -0.1) is 24.0 Å². The van der Waals surface area contributed by atoms with Gasteiger partial charge < -0.3 is 15.6 Å². The molecule has 24 heavy (non-hydrogen) atoms. The molecule has 1 aromatic heterocycles. The fourth-order valence-corrected chi connectivity index (χ4v) is 2.74. The third-order valence-corrected chi connectivity index (χ3v) is 4.36. The normalized spacial score (nSPS) is 12.0. The SMILES string of the molecule is CCNC(=NCCS(C)(=O)=O)NCCc1c[nH]c2ccccc12.I. The molecule has 3 N–H and O–H groups in total. The summed E-state index contributed by atoms with van der Waals surface area (Å²) in [6.45, 7) is 3.71. The van der Waals surface area contributed by atoms with Crippen molar-refractivity contribution < 1.29 is 8.42 Å². The molecular formula is C16H25IN4O2S. The number of halogens is 1. The highest BCUT2D eigenvalue weighted by molar-refractivity contribution is 14.0. The Labute approximate surface area is 160 Å². The van der Waals surface area contributed by atoms with E-state index >= 15 is 0 Å². The van der Waals surface area contributed by atoms with Crippen LogP contribution in [0.1, 0.15) is 12.5 Å². The standard InChI is InChI=1S/C16H24N4O2S.HI/c1-3-17-16(19-10-11-23(2,21)22)18-9-8-13-12-20-15-7-5-4-6-14(13)15;/h4-7,12,20H,3,8-11H2,1-2H3,(H2,17,18,19);1H. The lowest BCUT2D eigenvalue weighted by Gasteiger charge is -2.11. The van der Waals surface area contributed by atoms with Crippen LogP contribution >= 0.6 is 24.0 Å². The first-order valence-corrected chi connectivity index (χ1v) is 9.80. The molecule has 1 heterocycles. The molecule has 0 unspecified atom stereocenters. The van der Waals surface area contributed by atoms with Crippen molar-refractivity contribution in [1.82, 2.24) is 15.6 Å². The number of benzene rings is 1. The summed E-state index contributed by atoms with van der Waals surface area (Å²) in [7, 11) is -2.98. The lowest BCUT2D eigenvalue weighted by molar-refractivity contribution is 0.601. The number of nitrogens with one attached hydrogen (secondary N) is 3. The molecule has 2 aromatic rings. The van der Waals surface area contributed by atoms with E-state index in [-0.39, 0.29) is 36.3 Å². The Morgan fingerprint density at radius 1 is 1.25 bits per heavy atom. The van der Waals surface area contributed by atoms with Gasteiger partial charge in [0.25, 0.3) is 0 Å². The molecule has 134 valence electrons. The largest absolute Gasteiger partial charge is 0.361 e. The number of guanidine groups is 1. The third kappa shape index (κ3) is 6.68. The van der Waals surface area contributed by atoms with Crippen LogP contribution in [0.4, 0.5) is 0 Å². The molecule has 0 aliphatic rings. The van der Waals surface area contributed by atoms with Crippen LogP contribution in [-0.2, 0) is 16.3 Å². The molecule has 0 fully saturated rings. The average Bonchev–Trinajstić information content (AvgIpc) is 2.89. The van der Waals surface area contributed by atoms with E-state index in [1.54, 1.807) is 0 Å². The minimum atomic E-state index is -2.98. The molecule has 0 amide bonds. The van der Waals surface area contributed by atoms with Crippen LogP contribution in [-0.4, -0.2) is 51.0 Å². The summed E-state index contributed by atoms with van der Waals surface area (Å²) < 4.78 is 22.3. The highest BCUT2D eigenvalue weighted by atomic mass is 127. The summed E-state index contributed by atoms with van der Waals surface area (Å²) in [6.07, 6.45) is 4.11. The monoisotopic (exact) mass is 464 g/mol. The fourth-order valence-electron chi connectivity index (χ4n) is 2.32. The van der Waals surface area contributed by atoms with Gasteiger partial charge in [-0.3, -0.25) is 4.99 Å². The molecule has 0 bridgehead atoms. The van der Waals surface area contributed by atoms with Gasteiger partial charge in [-0.1, -0.05) is 18.2 Å². The Bertz CT molecular complexity index is 771. The van der Waals surface area contributed by atoms with Crippen LogP contribution in [0, 0.1) is 0 Å². The Hall–Kier alpha value is -1.29. The van der Waals surface area contributed by atoms with Crippen LogP contribution < -0.4 is 10.6 Å². The molecule has 1 aromatic carbocycles. The lowest BCUT2D eigenvalue weighted by Crippen LogP contribution is -2.38. The molecule has 0 saturated carbocycles. The van der Waals surface area contributed by atoms with E-state index in [1.807, 2.05) is 25.3 Å². The first-order chi connectivity index (χ1) is 11.0. The number of hydrogen-bond donors (Lipinski definition) is 3. The van der Waals surface area contributed by atoms with Crippen LogP contribution in [0.15, 0.2) is 35.5 Å². The van der Waals surface area contributed by atoms with Gasteiger partial charge in [0.05, 0.1) is 12.3 Å². The summed E-state index contributed by atoms with van der Waals surface area (Å²) in [6, 6.07) is 8.21. The second-order valence-corrected chi connectivity index (χ2v) is 7.69. The summed E-state index contributed by atoms with van der Waals surface area (Å²) in [5.74, 6) is 0.711. The van der Waals surface area contributed by atoms with E-state index in [0.29, 0.717) is 5.96 Å². The number of aromatic nitrogens is 1. The Morgan fingerprint density at radius 2 is 2.00 bits per heavy atom. The van der Waals surface area contributed by atoms with Crippen molar-refractivity contribution >= 4 is 50.7 Å². The first kappa shape index (κ1) is 20.8. The van der Waals surface area contributed by atoms with Crippen molar-refractivity contribution in [2.24, 2.45) is 4.99 Å². The van der Waals surface area contributed by atoms with Crippen molar-refractivity contribution in [1.29, 1.82) is 0 Å². The van der Waals surface area contributed by atoms with Crippen molar-refractivity contribution in [3.8, 4) is 0 Å². The van der Waals surface area contributed by atoms with Crippen molar-refractivity contribution in [2.45, 2.75) is 13.3 Å². The first-order valence-electron chi connectivity index (χ1n) is 7.74. The van der Waals surface area contributed by atoms with Gasteiger partial charge in [0.1, 0.15) is 9.84 Å². The van der Waals surface area contributed by atoms with E-state index in [9.17, 15) is 8.42 Å². The van der Waals surface area contributed by atoms with Gasteiger partial charge in [0.2, 0.25) is 0 Å². The number of fused-ring (bicyclic) bond motifs is 1. The highest BCUT2D eigenvalue weighted by Gasteiger charge is 2.04. The van der Waals surface area contributed by atoms with Gasteiger partial charge in [-0.05, 0) is 25.0 Å². The number of hydrogen-bond acceptors (Lipinski definition) is 3. The van der Waals surface area contributed by atoms with Crippen LogP contribution in [0.3, 0.4) is 0 Å². The molecule has 0 radical (unpaired) electrons. The van der Waals surface area contributed by atoms with Crippen LogP contribution in [0.25, 0.3) is 10.9 Å². The van der Waals surface area contributed by atoms with Gasteiger partial charge in [0.15, 0.2) is 5.96 Å². The Kier molecular flexibility index (Phi) is 8.54. The molecule has 8 heteroatoms. The summed E-state index contributed by atoms with van der Waals surface area (Å²) in [4.78, 5) is 7.55. The molecular weight excluding hydrogens is 439 g/mol. The minimum absolute atomic E-state index is 0. The minimum Gasteiger partial charge on any atom is -0.361 e. The number of para-hydroxylation sites is 1. The predicted octanol–water partition coefficient (Wildman–Crippen LogP) is 1.93. The summed E-state index contributed by atoms with van der Waals surface area (Å²) in [5.41, 5.74) is 2.39. The Morgan fingerprint density at radius 3 is 2.71 bits per heavy atom. The van der Waals surface area contributed by atoms with E-state index in [0.717, 1.165) is 25.0 Å². The lowest BCUT2D eigenvalue weighted by atomic mass is 10.1. The van der Waals surface area contributed by atoms with Crippen molar-refractivity contribution in [3.05, 3.63) is 36.0 Å². The smallest absolute Gasteiger partial charge is 0.191 e. The third-order valence-electron chi connectivity index (χ3n) is 3.44. The van der Waals surface area contributed by atoms with Crippen molar-refractivity contribution in [3.63, 3.8) is 0 Å². The average molecular weight is 464 g/mol. The zero-order chi connectivity index (χ0) is 16.7. The molecule has 0 aliphatic heterocycles. The number of aromatic amines is 1. The van der Waals surface area contributed by atoms with E-state index in [2.05, 4.69) is 32.7 Å². The highest BCUT2D eigenvalue weighted by Crippen LogP contribution is 2.17. The zero-order valence-corrected chi connectivity index (χ0v) is 17.1.